The molecule has 1 aromatic carbocycles. The van der Waals surface area contributed by atoms with Crippen molar-refractivity contribution >= 4 is 11.9 Å². The zero-order valence-corrected chi connectivity index (χ0v) is 10.7. The molecular formula is C12H16N2O5. The molecule has 7 heteroatoms. The maximum absolute atomic E-state index is 11.2. The molecular weight excluding hydrogens is 252 g/mol. The number of nitrogens with two attached hydrogens (primary N) is 1. The smallest absolute Gasteiger partial charge is 0.318 e. The molecule has 0 fully saturated rings. The molecule has 0 saturated carbocycles. The van der Waals surface area contributed by atoms with E-state index in [9.17, 15) is 14.7 Å². The number of methoxy groups -OCH3 is 1. The molecule has 0 aliphatic rings. The maximum atomic E-state index is 11.2. The van der Waals surface area contributed by atoms with Gasteiger partial charge in [0.25, 0.3) is 5.91 Å². The molecule has 19 heavy (non-hydrogen) atoms. The maximum Gasteiger partial charge on any atom is 0.318 e. The number of aliphatic hydroxyl groups excluding tert-OH is 1. The average molecular weight is 268 g/mol. The first-order valence-corrected chi connectivity index (χ1v) is 5.52. The molecule has 0 aromatic heterocycles. The molecule has 0 bridgehead atoms. The number of primary amides is 1. The van der Waals surface area contributed by atoms with E-state index in [1.165, 1.54) is 7.11 Å². The third-order valence-corrected chi connectivity index (χ3v) is 2.29. The summed E-state index contributed by atoms with van der Waals surface area (Å²) in [5, 5.41) is 11.5. The van der Waals surface area contributed by atoms with E-state index in [4.69, 9.17) is 15.2 Å². The van der Waals surface area contributed by atoms with E-state index >= 15 is 0 Å². The van der Waals surface area contributed by atoms with E-state index in [1.807, 2.05) is 5.32 Å². The van der Waals surface area contributed by atoms with Crippen molar-refractivity contribution in [3.63, 3.8) is 0 Å². The van der Waals surface area contributed by atoms with Gasteiger partial charge in [-0.2, -0.15) is 0 Å². The van der Waals surface area contributed by atoms with Gasteiger partial charge in [-0.3, -0.25) is 10.1 Å². The van der Waals surface area contributed by atoms with E-state index in [-0.39, 0.29) is 0 Å². The Morgan fingerprint density at radius 1 is 1.47 bits per heavy atom. The SMILES string of the molecule is COc1ccc([C@@H](C)O)c(OCC(=O)NC(N)=O)c1. The van der Waals surface area contributed by atoms with Gasteiger partial charge in [0.15, 0.2) is 6.61 Å². The first-order chi connectivity index (χ1) is 8.93. The highest BCUT2D eigenvalue weighted by atomic mass is 16.5. The van der Waals surface area contributed by atoms with Gasteiger partial charge in [-0.05, 0) is 19.1 Å². The van der Waals surface area contributed by atoms with Gasteiger partial charge in [0.05, 0.1) is 13.2 Å². The molecule has 0 radical (unpaired) electrons. The first-order valence-electron chi connectivity index (χ1n) is 5.52. The third kappa shape index (κ3) is 4.47. The van der Waals surface area contributed by atoms with Crippen molar-refractivity contribution in [3.05, 3.63) is 23.8 Å². The van der Waals surface area contributed by atoms with Crippen molar-refractivity contribution < 1.29 is 24.2 Å². The molecule has 3 amide bonds. The Kier molecular flexibility index (Phi) is 5.13. The number of carbonyl (C=O) groups is 2. The molecule has 7 nitrogen and oxygen atoms in total. The van der Waals surface area contributed by atoms with Crippen LogP contribution in [0.5, 0.6) is 11.5 Å². The van der Waals surface area contributed by atoms with E-state index < -0.39 is 24.6 Å². The van der Waals surface area contributed by atoms with Crippen LogP contribution >= 0.6 is 0 Å². The molecule has 1 atom stereocenters. The first kappa shape index (κ1) is 14.8. The van der Waals surface area contributed by atoms with Gasteiger partial charge in [-0.1, -0.05) is 0 Å². The van der Waals surface area contributed by atoms with Crippen LogP contribution in [-0.2, 0) is 4.79 Å². The van der Waals surface area contributed by atoms with Gasteiger partial charge >= 0.3 is 6.03 Å². The minimum Gasteiger partial charge on any atom is -0.497 e. The number of amides is 3. The molecule has 0 spiro atoms. The number of urea groups is 1. The fraction of sp³-hybridized carbons (Fsp3) is 0.333. The molecule has 0 heterocycles. The van der Waals surface area contributed by atoms with Gasteiger partial charge in [0.1, 0.15) is 11.5 Å². The standard InChI is InChI=1S/C12H16N2O5/c1-7(15)9-4-3-8(18-2)5-10(9)19-6-11(16)14-12(13)17/h3-5,7,15H,6H2,1-2H3,(H3,13,14,16,17)/t7-/m1/s1. The second kappa shape index (κ2) is 6.60. The summed E-state index contributed by atoms with van der Waals surface area (Å²) in [7, 11) is 1.49. The van der Waals surface area contributed by atoms with Crippen molar-refractivity contribution in [3.8, 4) is 11.5 Å². The number of hydrogen-bond donors (Lipinski definition) is 3. The lowest BCUT2D eigenvalue weighted by atomic mass is 10.1. The second-order valence-corrected chi connectivity index (χ2v) is 3.78. The van der Waals surface area contributed by atoms with E-state index in [2.05, 4.69) is 0 Å². The molecule has 1 rings (SSSR count). The predicted molar refractivity (Wildman–Crippen MR) is 66.8 cm³/mol. The zero-order valence-electron chi connectivity index (χ0n) is 10.7. The predicted octanol–water partition coefficient (Wildman–Crippen LogP) is 0.322. The summed E-state index contributed by atoms with van der Waals surface area (Å²) in [5.41, 5.74) is 5.31. The number of aliphatic hydroxyl groups is 1. The lowest BCUT2D eigenvalue weighted by molar-refractivity contribution is -0.121. The molecule has 1 aromatic rings. The summed E-state index contributed by atoms with van der Waals surface area (Å²) in [6.45, 7) is 1.17. The minimum atomic E-state index is -0.949. The summed E-state index contributed by atoms with van der Waals surface area (Å²) < 4.78 is 10.3. The molecule has 0 aliphatic heterocycles. The summed E-state index contributed by atoms with van der Waals surface area (Å²) in [4.78, 5) is 21.7. The number of carbonyl (C=O) groups excluding carboxylic acids is 2. The normalized spacial score (nSPS) is 11.5. The van der Waals surface area contributed by atoms with Crippen LogP contribution in [0.25, 0.3) is 0 Å². The van der Waals surface area contributed by atoms with E-state index in [0.29, 0.717) is 17.1 Å². The highest BCUT2D eigenvalue weighted by Crippen LogP contribution is 2.29. The fourth-order valence-electron chi connectivity index (χ4n) is 1.43. The topological polar surface area (TPSA) is 111 Å². The third-order valence-electron chi connectivity index (χ3n) is 2.29. The van der Waals surface area contributed by atoms with Crippen LogP contribution in [0.15, 0.2) is 18.2 Å². The van der Waals surface area contributed by atoms with Crippen molar-refractivity contribution in [2.45, 2.75) is 13.0 Å². The van der Waals surface area contributed by atoms with Gasteiger partial charge in [-0.25, -0.2) is 4.79 Å². The number of hydrogen-bond acceptors (Lipinski definition) is 5. The molecule has 0 aliphatic carbocycles. The Bertz CT molecular complexity index is 473. The Morgan fingerprint density at radius 3 is 2.68 bits per heavy atom. The highest BCUT2D eigenvalue weighted by Gasteiger charge is 2.12. The van der Waals surface area contributed by atoms with Crippen molar-refractivity contribution in [1.82, 2.24) is 5.32 Å². The summed E-state index contributed by atoms with van der Waals surface area (Å²) in [5.74, 6) is 0.149. The largest absolute Gasteiger partial charge is 0.497 e. The summed E-state index contributed by atoms with van der Waals surface area (Å²) in [6, 6.07) is 3.89. The van der Waals surface area contributed by atoms with Gasteiger partial charge in [-0.15, -0.1) is 0 Å². The van der Waals surface area contributed by atoms with Crippen LogP contribution in [0, 0.1) is 0 Å². The summed E-state index contributed by atoms with van der Waals surface area (Å²) in [6.07, 6.45) is -0.764. The number of nitrogens with one attached hydrogen (secondary N) is 1. The monoisotopic (exact) mass is 268 g/mol. The quantitative estimate of drug-likeness (QED) is 0.712. The lowest BCUT2D eigenvalue weighted by Crippen LogP contribution is -2.38. The number of rotatable bonds is 5. The zero-order chi connectivity index (χ0) is 14.4. The summed E-state index contributed by atoms with van der Waals surface area (Å²) >= 11 is 0. The van der Waals surface area contributed by atoms with Gasteiger partial charge < -0.3 is 20.3 Å². The van der Waals surface area contributed by atoms with Crippen LogP contribution in [0.4, 0.5) is 4.79 Å². The molecule has 0 unspecified atom stereocenters. The van der Waals surface area contributed by atoms with E-state index in [1.54, 1.807) is 25.1 Å². The Hall–Kier alpha value is -2.28. The van der Waals surface area contributed by atoms with Gasteiger partial charge in [0, 0.05) is 11.6 Å². The van der Waals surface area contributed by atoms with Crippen LogP contribution < -0.4 is 20.5 Å². The number of imide groups is 1. The Morgan fingerprint density at radius 2 is 2.16 bits per heavy atom. The minimum absolute atomic E-state index is 0.300. The Balaban J connectivity index is 2.80. The fourth-order valence-corrected chi connectivity index (χ4v) is 1.43. The average Bonchev–Trinajstić information content (AvgIpc) is 2.34. The Labute approximate surface area is 110 Å². The van der Waals surface area contributed by atoms with Crippen LogP contribution in [-0.4, -0.2) is 30.8 Å². The van der Waals surface area contributed by atoms with Crippen LogP contribution in [0.2, 0.25) is 0 Å². The van der Waals surface area contributed by atoms with E-state index in [0.717, 1.165) is 0 Å². The van der Waals surface area contributed by atoms with Crippen molar-refractivity contribution in [1.29, 1.82) is 0 Å². The van der Waals surface area contributed by atoms with Crippen molar-refractivity contribution in [2.75, 3.05) is 13.7 Å². The highest BCUT2D eigenvalue weighted by molar-refractivity contribution is 5.94. The van der Waals surface area contributed by atoms with Gasteiger partial charge in [0.2, 0.25) is 0 Å². The molecule has 104 valence electrons. The van der Waals surface area contributed by atoms with Crippen molar-refractivity contribution in [2.24, 2.45) is 5.73 Å². The number of ether oxygens (including phenoxy) is 2. The lowest BCUT2D eigenvalue weighted by Gasteiger charge is -2.14. The molecule has 4 N–H and O–H groups in total. The molecule has 0 saturated heterocycles. The second-order valence-electron chi connectivity index (χ2n) is 3.78. The number of benzene rings is 1. The van der Waals surface area contributed by atoms with Crippen LogP contribution in [0.3, 0.4) is 0 Å². The van der Waals surface area contributed by atoms with Crippen LogP contribution in [0.1, 0.15) is 18.6 Å².